The van der Waals surface area contributed by atoms with Gasteiger partial charge in [0.25, 0.3) is 5.91 Å². The Morgan fingerprint density at radius 3 is 2.44 bits per heavy atom. The molecule has 9 nitrogen and oxygen atoms in total. The molecule has 1 N–H and O–H groups in total. The molecule has 12 heteroatoms. The lowest BCUT2D eigenvalue weighted by atomic mass is 9.87. The lowest BCUT2D eigenvalue weighted by Crippen LogP contribution is -2.46. The zero-order chi connectivity index (χ0) is 32.0. The van der Waals surface area contributed by atoms with Crippen LogP contribution in [0, 0.1) is 5.92 Å². The molecule has 1 aliphatic carbocycles. The van der Waals surface area contributed by atoms with E-state index in [-0.39, 0.29) is 24.2 Å². The highest BCUT2D eigenvalue weighted by molar-refractivity contribution is 6.04. The summed E-state index contributed by atoms with van der Waals surface area (Å²) >= 11 is 0. The summed E-state index contributed by atoms with van der Waals surface area (Å²) in [4.78, 5) is 34.1. The Morgan fingerprint density at radius 2 is 1.73 bits per heavy atom. The number of alkyl halides is 3. The van der Waals surface area contributed by atoms with Crippen molar-refractivity contribution in [1.29, 1.82) is 0 Å². The number of nitrogens with one attached hydrogen (secondary N) is 1. The molecule has 0 unspecified atom stereocenters. The lowest BCUT2D eigenvalue weighted by Gasteiger charge is -2.34. The van der Waals surface area contributed by atoms with Crippen molar-refractivity contribution in [3.63, 3.8) is 0 Å². The number of imidazole rings is 1. The predicted molar refractivity (Wildman–Crippen MR) is 165 cm³/mol. The Bertz CT molecular complexity index is 1460. The van der Waals surface area contributed by atoms with Gasteiger partial charge in [-0.3, -0.25) is 19.9 Å². The van der Waals surface area contributed by atoms with Crippen LogP contribution in [-0.2, 0) is 27.0 Å². The van der Waals surface area contributed by atoms with Gasteiger partial charge in [0.2, 0.25) is 5.95 Å². The summed E-state index contributed by atoms with van der Waals surface area (Å²) < 4.78 is 52.3. The lowest BCUT2D eigenvalue weighted by molar-refractivity contribution is -0.148. The number of halogens is 3. The highest BCUT2D eigenvalue weighted by atomic mass is 19.4. The second kappa shape index (κ2) is 14.7. The number of carbonyl (C=O) groups is 2. The fourth-order valence-electron chi connectivity index (χ4n) is 6.19. The van der Waals surface area contributed by atoms with Gasteiger partial charge in [0.15, 0.2) is 0 Å². The van der Waals surface area contributed by atoms with Crippen LogP contribution in [-0.4, -0.2) is 83.8 Å². The van der Waals surface area contributed by atoms with Crippen molar-refractivity contribution >= 4 is 28.9 Å². The van der Waals surface area contributed by atoms with Crippen molar-refractivity contribution in [2.45, 2.75) is 58.3 Å². The van der Waals surface area contributed by atoms with E-state index >= 15 is 0 Å². The molecule has 2 heterocycles. The van der Waals surface area contributed by atoms with Gasteiger partial charge < -0.3 is 14.0 Å². The SMILES string of the molecule is CCOC(=O)COCCN1CCN(Cc2ccc3c(c2)nc(NC(=O)c2cccc(C(F)(F)F)c2)n3C2CCC(C)CC2)CC1. The number of benzene rings is 2. The number of piperazine rings is 1. The number of aromatic nitrogens is 2. The van der Waals surface area contributed by atoms with Crippen LogP contribution in [0.15, 0.2) is 42.5 Å². The van der Waals surface area contributed by atoms with Crippen LogP contribution in [0.3, 0.4) is 0 Å². The Labute approximate surface area is 261 Å². The monoisotopic (exact) mass is 629 g/mol. The second-order valence-corrected chi connectivity index (χ2v) is 12.1. The van der Waals surface area contributed by atoms with Crippen molar-refractivity contribution in [3.8, 4) is 0 Å². The second-order valence-electron chi connectivity index (χ2n) is 12.1. The van der Waals surface area contributed by atoms with E-state index in [1.807, 2.05) is 12.1 Å². The first kappa shape index (κ1) is 32.9. The third kappa shape index (κ3) is 8.62. The first-order chi connectivity index (χ1) is 21.6. The largest absolute Gasteiger partial charge is 0.464 e. The van der Waals surface area contributed by atoms with Gasteiger partial charge >= 0.3 is 12.1 Å². The number of esters is 1. The number of hydrogen-bond acceptors (Lipinski definition) is 7. The maximum Gasteiger partial charge on any atom is 0.416 e. The molecule has 45 heavy (non-hydrogen) atoms. The molecule has 0 atom stereocenters. The van der Waals surface area contributed by atoms with E-state index in [4.69, 9.17) is 14.5 Å². The van der Waals surface area contributed by atoms with Crippen LogP contribution >= 0.6 is 0 Å². The molecule has 1 saturated carbocycles. The molecule has 1 amide bonds. The van der Waals surface area contributed by atoms with Crippen LogP contribution in [0.5, 0.6) is 0 Å². The normalized spacial score (nSPS) is 19.9. The summed E-state index contributed by atoms with van der Waals surface area (Å²) in [6.07, 6.45) is -0.525. The van der Waals surface area contributed by atoms with Gasteiger partial charge in [0.1, 0.15) is 6.61 Å². The van der Waals surface area contributed by atoms with Crippen molar-refractivity contribution in [1.82, 2.24) is 19.4 Å². The van der Waals surface area contributed by atoms with Crippen LogP contribution in [0.2, 0.25) is 0 Å². The molecular weight excluding hydrogens is 587 g/mol. The summed E-state index contributed by atoms with van der Waals surface area (Å²) in [5.74, 6) is 0.0279. The molecule has 0 radical (unpaired) electrons. The highest BCUT2D eigenvalue weighted by Crippen LogP contribution is 2.37. The summed E-state index contributed by atoms with van der Waals surface area (Å²) in [6, 6.07) is 10.8. The molecule has 1 aliphatic heterocycles. The minimum Gasteiger partial charge on any atom is -0.464 e. The molecule has 2 fully saturated rings. The quantitative estimate of drug-likeness (QED) is 0.213. The van der Waals surface area contributed by atoms with E-state index in [1.54, 1.807) is 6.92 Å². The number of nitrogens with zero attached hydrogens (tertiary/aromatic N) is 4. The van der Waals surface area contributed by atoms with Crippen molar-refractivity contribution in [2.75, 3.05) is 57.9 Å². The number of ether oxygens (including phenoxy) is 2. The summed E-state index contributed by atoms with van der Waals surface area (Å²) in [5.41, 5.74) is 1.84. The third-order valence-electron chi connectivity index (χ3n) is 8.73. The maximum atomic E-state index is 13.3. The number of carbonyl (C=O) groups excluding carboxylic acids is 2. The maximum absolute atomic E-state index is 13.3. The van der Waals surface area contributed by atoms with Crippen molar-refractivity contribution < 1.29 is 32.2 Å². The average molecular weight is 630 g/mol. The van der Waals surface area contributed by atoms with E-state index in [0.717, 1.165) is 93.7 Å². The minimum absolute atomic E-state index is 0.0252. The Balaban J connectivity index is 1.26. The highest BCUT2D eigenvalue weighted by Gasteiger charge is 2.31. The molecule has 1 aromatic heterocycles. The van der Waals surface area contributed by atoms with E-state index < -0.39 is 17.6 Å². The Morgan fingerprint density at radius 1 is 1.00 bits per heavy atom. The molecule has 244 valence electrons. The van der Waals surface area contributed by atoms with Crippen LogP contribution < -0.4 is 5.32 Å². The number of hydrogen-bond donors (Lipinski definition) is 1. The molecule has 3 aromatic rings. The molecule has 0 bridgehead atoms. The summed E-state index contributed by atoms with van der Waals surface area (Å²) in [6.45, 7) is 9.89. The average Bonchev–Trinajstić information content (AvgIpc) is 3.37. The van der Waals surface area contributed by atoms with E-state index in [0.29, 0.717) is 25.1 Å². The van der Waals surface area contributed by atoms with E-state index in [9.17, 15) is 22.8 Å². The van der Waals surface area contributed by atoms with Crippen LogP contribution in [0.1, 0.15) is 67.1 Å². The first-order valence-corrected chi connectivity index (χ1v) is 15.8. The zero-order valence-electron chi connectivity index (χ0n) is 25.9. The standard InChI is InChI=1S/C33H42F3N5O4/c1-3-45-30(42)22-44-18-17-39-13-15-40(16-14-39)21-24-9-12-29-28(19-24)37-32(41(29)27-10-7-23(2)8-11-27)38-31(43)25-5-4-6-26(20-25)33(34,35)36/h4-6,9,12,19-20,23,27H,3,7-8,10-11,13-18,21-22H2,1-2H3,(H,37,38,43). The number of amides is 1. The molecule has 1 saturated heterocycles. The molecular formula is C33H42F3N5O4. The summed E-state index contributed by atoms with van der Waals surface area (Å²) in [5, 5.41) is 2.84. The smallest absolute Gasteiger partial charge is 0.416 e. The van der Waals surface area contributed by atoms with Crippen molar-refractivity contribution in [3.05, 3.63) is 59.2 Å². The van der Waals surface area contributed by atoms with E-state index in [1.165, 1.54) is 12.1 Å². The number of rotatable bonds is 11. The van der Waals surface area contributed by atoms with Gasteiger partial charge in [-0.1, -0.05) is 19.1 Å². The van der Waals surface area contributed by atoms with E-state index in [2.05, 4.69) is 32.7 Å². The fraction of sp³-hybridized carbons (Fsp3) is 0.545. The molecule has 5 rings (SSSR count). The van der Waals surface area contributed by atoms with Gasteiger partial charge in [0.05, 0.1) is 29.8 Å². The van der Waals surface area contributed by atoms with Gasteiger partial charge in [-0.15, -0.1) is 0 Å². The number of anilines is 1. The van der Waals surface area contributed by atoms with Gasteiger partial charge in [-0.25, -0.2) is 9.78 Å². The predicted octanol–water partition coefficient (Wildman–Crippen LogP) is 5.76. The molecule has 0 spiro atoms. The Hall–Kier alpha value is -3.48. The van der Waals surface area contributed by atoms with Crippen LogP contribution in [0.4, 0.5) is 19.1 Å². The first-order valence-electron chi connectivity index (χ1n) is 15.8. The van der Waals surface area contributed by atoms with Gasteiger partial charge in [-0.2, -0.15) is 13.2 Å². The van der Waals surface area contributed by atoms with Gasteiger partial charge in [-0.05, 0) is 74.4 Å². The fourth-order valence-corrected chi connectivity index (χ4v) is 6.19. The third-order valence-corrected chi connectivity index (χ3v) is 8.73. The summed E-state index contributed by atoms with van der Waals surface area (Å²) in [7, 11) is 0. The minimum atomic E-state index is -4.54. The Kier molecular flexibility index (Phi) is 10.8. The zero-order valence-corrected chi connectivity index (χ0v) is 25.9. The van der Waals surface area contributed by atoms with Crippen LogP contribution in [0.25, 0.3) is 11.0 Å². The van der Waals surface area contributed by atoms with Gasteiger partial charge in [0, 0.05) is 50.9 Å². The number of fused-ring (bicyclic) bond motifs is 1. The molecule has 2 aromatic carbocycles. The topological polar surface area (TPSA) is 88.9 Å². The van der Waals surface area contributed by atoms with Crippen molar-refractivity contribution in [2.24, 2.45) is 5.92 Å². The molecule has 2 aliphatic rings.